The summed E-state index contributed by atoms with van der Waals surface area (Å²) in [6.45, 7) is 2.36. The number of aliphatic hydroxyl groups excluding tert-OH is 2. The second-order valence-corrected chi connectivity index (χ2v) is 8.45. The van der Waals surface area contributed by atoms with Crippen LogP contribution in [0.15, 0.2) is 60.7 Å². The summed E-state index contributed by atoms with van der Waals surface area (Å²) in [6.07, 6.45) is 3.90. The standard InChI is InChI=1S/C26H24O.CH4O/c1-26-14-13-23-22-10-6-5-9-21(22)19(12-11-18-7-3-2-4-8-18)15-24(23)25(26)16-20(27)17-26;1-2/h2-10,15,20,25,27H,13-14,16-17H2,1H3;2H,1H3. The van der Waals surface area contributed by atoms with Crippen LogP contribution in [-0.2, 0) is 6.42 Å². The lowest BCUT2D eigenvalue weighted by Crippen LogP contribution is -2.27. The lowest BCUT2D eigenvalue weighted by Gasteiger charge is -2.38. The van der Waals surface area contributed by atoms with Gasteiger partial charge in [0, 0.05) is 18.2 Å². The van der Waals surface area contributed by atoms with Crippen LogP contribution in [0.5, 0.6) is 0 Å². The maximum atomic E-state index is 10.4. The smallest absolute Gasteiger partial charge is 0.0551 e. The number of fused-ring (bicyclic) bond motifs is 5. The lowest BCUT2D eigenvalue weighted by atomic mass is 9.66. The first-order chi connectivity index (χ1) is 14.1. The Morgan fingerprint density at radius 1 is 0.931 bits per heavy atom. The Morgan fingerprint density at radius 2 is 1.62 bits per heavy atom. The molecule has 2 nitrogen and oxygen atoms in total. The topological polar surface area (TPSA) is 40.5 Å². The molecule has 0 spiro atoms. The maximum Gasteiger partial charge on any atom is 0.0551 e. The predicted molar refractivity (Wildman–Crippen MR) is 119 cm³/mol. The van der Waals surface area contributed by atoms with E-state index in [2.05, 4.69) is 61.2 Å². The molecular formula is C27H28O2. The summed E-state index contributed by atoms with van der Waals surface area (Å²) in [6, 6.07) is 21.2. The third kappa shape index (κ3) is 3.57. The van der Waals surface area contributed by atoms with Crippen molar-refractivity contribution in [1.82, 2.24) is 0 Å². The Morgan fingerprint density at radius 3 is 2.38 bits per heavy atom. The summed E-state index contributed by atoms with van der Waals surface area (Å²) < 4.78 is 0. The van der Waals surface area contributed by atoms with Crippen LogP contribution in [-0.4, -0.2) is 23.4 Å². The van der Waals surface area contributed by atoms with Crippen molar-refractivity contribution in [3.8, 4) is 11.8 Å². The molecule has 2 N–H and O–H groups in total. The van der Waals surface area contributed by atoms with Gasteiger partial charge in [-0.3, -0.25) is 0 Å². The molecule has 0 aromatic heterocycles. The molecule has 0 saturated heterocycles. The number of aryl methyl sites for hydroxylation is 1. The number of rotatable bonds is 0. The molecule has 2 aliphatic carbocycles. The van der Waals surface area contributed by atoms with Gasteiger partial charge in [0.25, 0.3) is 0 Å². The molecule has 148 valence electrons. The van der Waals surface area contributed by atoms with Crippen LogP contribution in [0, 0.1) is 17.3 Å². The molecule has 3 aromatic carbocycles. The van der Waals surface area contributed by atoms with Gasteiger partial charge in [0.1, 0.15) is 0 Å². The molecule has 1 saturated carbocycles. The molecule has 0 heterocycles. The molecule has 5 rings (SSSR count). The van der Waals surface area contributed by atoms with Crippen molar-refractivity contribution in [2.45, 2.75) is 44.6 Å². The van der Waals surface area contributed by atoms with Crippen LogP contribution in [0.1, 0.15) is 54.4 Å². The molecule has 0 bridgehead atoms. The molecule has 0 aliphatic heterocycles. The van der Waals surface area contributed by atoms with Crippen LogP contribution in [0.3, 0.4) is 0 Å². The number of benzene rings is 3. The minimum absolute atomic E-state index is 0.170. The van der Waals surface area contributed by atoms with Crippen LogP contribution in [0.25, 0.3) is 10.8 Å². The zero-order valence-corrected chi connectivity index (χ0v) is 17.2. The summed E-state index contributed by atoms with van der Waals surface area (Å²) in [4.78, 5) is 0. The average Bonchev–Trinajstić information content (AvgIpc) is 3.08. The number of hydrogen-bond acceptors (Lipinski definition) is 2. The summed E-state index contributed by atoms with van der Waals surface area (Å²) in [5.41, 5.74) is 5.28. The lowest BCUT2D eigenvalue weighted by molar-refractivity contribution is 0.159. The predicted octanol–water partition coefficient (Wildman–Crippen LogP) is 5.04. The Labute approximate surface area is 173 Å². The van der Waals surface area contributed by atoms with Crippen molar-refractivity contribution in [3.63, 3.8) is 0 Å². The number of aliphatic hydroxyl groups is 2. The van der Waals surface area contributed by atoms with Gasteiger partial charge in [-0.05, 0) is 77.1 Å². The van der Waals surface area contributed by atoms with Gasteiger partial charge in [0.05, 0.1) is 6.10 Å². The van der Waals surface area contributed by atoms with Gasteiger partial charge < -0.3 is 10.2 Å². The van der Waals surface area contributed by atoms with Gasteiger partial charge in [0.15, 0.2) is 0 Å². The van der Waals surface area contributed by atoms with Crippen LogP contribution >= 0.6 is 0 Å². The SMILES string of the molecule is CC12CCc3c(cc(C#Cc4ccccc4)c4ccccc34)C1CC(O)C2.CO. The Bertz CT molecular complexity index is 1070. The first kappa shape index (κ1) is 19.7. The van der Waals surface area contributed by atoms with E-state index in [1.807, 2.05) is 18.2 Å². The summed E-state index contributed by atoms with van der Waals surface area (Å²) in [5, 5.41) is 20.0. The molecule has 3 atom stereocenters. The van der Waals surface area contributed by atoms with E-state index in [0.717, 1.165) is 37.5 Å². The van der Waals surface area contributed by atoms with E-state index >= 15 is 0 Å². The highest BCUT2D eigenvalue weighted by Crippen LogP contribution is 2.56. The summed E-state index contributed by atoms with van der Waals surface area (Å²) >= 11 is 0. The second kappa shape index (κ2) is 8.03. The second-order valence-electron chi connectivity index (χ2n) is 8.45. The Hall–Kier alpha value is -2.60. The van der Waals surface area contributed by atoms with Crippen LogP contribution in [0.4, 0.5) is 0 Å². The molecule has 0 amide bonds. The zero-order chi connectivity index (χ0) is 20.4. The molecule has 3 unspecified atom stereocenters. The highest BCUT2D eigenvalue weighted by Gasteiger charge is 2.47. The van der Waals surface area contributed by atoms with Crippen molar-refractivity contribution in [1.29, 1.82) is 0 Å². The van der Waals surface area contributed by atoms with Gasteiger partial charge in [0.2, 0.25) is 0 Å². The first-order valence-corrected chi connectivity index (χ1v) is 10.4. The van der Waals surface area contributed by atoms with E-state index in [1.54, 1.807) is 0 Å². The number of hydrogen-bond donors (Lipinski definition) is 2. The van der Waals surface area contributed by atoms with Crippen molar-refractivity contribution in [2.75, 3.05) is 7.11 Å². The fourth-order valence-electron chi connectivity index (χ4n) is 5.32. The third-order valence-electron chi connectivity index (χ3n) is 6.68. The van der Waals surface area contributed by atoms with Crippen molar-refractivity contribution in [2.24, 2.45) is 5.41 Å². The van der Waals surface area contributed by atoms with Gasteiger partial charge in [-0.2, -0.15) is 0 Å². The minimum Gasteiger partial charge on any atom is -0.400 e. The Kier molecular flexibility index (Phi) is 5.46. The quantitative estimate of drug-likeness (QED) is 0.533. The maximum absolute atomic E-state index is 10.4. The molecule has 1 fully saturated rings. The highest BCUT2D eigenvalue weighted by atomic mass is 16.3. The monoisotopic (exact) mass is 384 g/mol. The molecule has 2 heteroatoms. The van der Waals surface area contributed by atoms with Crippen molar-refractivity contribution in [3.05, 3.63) is 82.9 Å². The van der Waals surface area contributed by atoms with Crippen LogP contribution in [0.2, 0.25) is 0 Å². The van der Waals surface area contributed by atoms with E-state index in [1.165, 1.54) is 28.3 Å². The van der Waals surface area contributed by atoms with Gasteiger partial charge in [-0.15, -0.1) is 0 Å². The van der Waals surface area contributed by atoms with Crippen molar-refractivity contribution >= 4 is 10.8 Å². The van der Waals surface area contributed by atoms with Gasteiger partial charge in [-0.1, -0.05) is 61.2 Å². The summed E-state index contributed by atoms with van der Waals surface area (Å²) in [5.74, 6) is 7.23. The highest BCUT2D eigenvalue weighted by molar-refractivity contribution is 5.92. The van der Waals surface area contributed by atoms with Gasteiger partial charge >= 0.3 is 0 Å². The average molecular weight is 385 g/mol. The fourth-order valence-corrected chi connectivity index (χ4v) is 5.32. The van der Waals surface area contributed by atoms with E-state index < -0.39 is 0 Å². The molecule has 2 aliphatic rings. The Balaban J connectivity index is 0.000000994. The van der Waals surface area contributed by atoms with E-state index in [4.69, 9.17) is 5.11 Å². The minimum atomic E-state index is -0.170. The van der Waals surface area contributed by atoms with E-state index in [0.29, 0.717) is 5.92 Å². The summed E-state index contributed by atoms with van der Waals surface area (Å²) in [7, 11) is 1.00. The molecule has 3 aromatic rings. The largest absolute Gasteiger partial charge is 0.400 e. The first-order valence-electron chi connectivity index (χ1n) is 10.4. The van der Waals surface area contributed by atoms with Gasteiger partial charge in [-0.25, -0.2) is 0 Å². The molecule has 0 radical (unpaired) electrons. The van der Waals surface area contributed by atoms with Crippen molar-refractivity contribution < 1.29 is 10.2 Å². The zero-order valence-electron chi connectivity index (χ0n) is 17.2. The molecule has 29 heavy (non-hydrogen) atoms. The fraction of sp³-hybridized carbons (Fsp3) is 0.333. The molecular weight excluding hydrogens is 356 g/mol. The normalized spacial score (nSPS) is 24.6. The van der Waals surface area contributed by atoms with Crippen LogP contribution < -0.4 is 0 Å². The third-order valence-corrected chi connectivity index (χ3v) is 6.68. The van der Waals surface area contributed by atoms with E-state index in [9.17, 15) is 5.11 Å². The van der Waals surface area contributed by atoms with E-state index in [-0.39, 0.29) is 11.5 Å².